The predicted molar refractivity (Wildman–Crippen MR) is 81.3 cm³/mol. The van der Waals surface area contributed by atoms with Crippen molar-refractivity contribution in [3.63, 3.8) is 0 Å². The van der Waals surface area contributed by atoms with Gasteiger partial charge in [0.15, 0.2) is 0 Å². The third-order valence-corrected chi connectivity index (χ3v) is 3.31. The van der Waals surface area contributed by atoms with Crippen LogP contribution >= 0.6 is 11.6 Å². The minimum absolute atomic E-state index is 0.370. The van der Waals surface area contributed by atoms with Gasteiger partial charge in [0.1, 0.15) is 6.07 Å². The van der Waals surface area contributed by atoms with Crippen molar-refractivity contribution < 1.29 is 9.53 Å². The maximum atomic E-state index is 11.7. The van der Waals surface area contributed by atoms with E-state index in [9.17, 15) is 4.79 Å². The third kappa shape index (κ3) is 3.53. The first-order chi connectivity index (χ1) is 10.2. The molecule has 106 valence electrons. The van der Waals surface area contributed by atoms with Crippen LogP contribution in [0.3, 0.4) is 0 Å². The maximum absolute atomic E-state index is 11.7. The van der Waals surface area contributed by atoms with E-state index in [-0.39, 0.29) is 5.97 Å². The molecule has 0 atom stereocenters. The zero-order valence-corrected chi connectivity index (χ0v) is 12.1. The Morgan fingerprint density at radius 3 is 2.76 bits per heavy atom. The number of nitriles is 1. The summed E-state index contributed by atoms with van der Waals surface area (Å²) in [6.07, 6.45) is 0. The van der Waals surface area contributed by atoms with Gasteiger partial charge in [0, 0.05) is 12.2 Å². The van der Waals surface area contributed by atoms with Crippen LogP contribution in [-0.2, 0) is 11.3 Å². The van der Waals surface area contributed by atoms with Crippen molar-refractivity contribution in [1.82, 2.24) is 0 Å². The average Bonchev–Trinajstić information content (AvgIpc) is 2.52. The molecular formula is C16H13ClN2O2. The van der Waals surface area contributed by atoms with E-state index < -0.39 is 0 Å². The van der Waals surface area contributed by atoms with Crippen molar-refractivity contribution in [2.75, 3.05) is 12.4 Å². The number of carbonyl (C=O) groups is 1. The van der Waals surface area contributed by atoms with Crippen LogP contribution in [0, 0.1) is 11.3 Å². The van der Waals surface area contributed by atoms with Gasteiger partial charge in [0.05, 0.1) is 23.3 Å². The predicted octanol–water partition coefficient (Wildman–Crippen LogP) is 3.61. The molecule has 0 heterocycles. The maximum Gasteiger partial charge on any atom is 0.338 e. The molecule has 0 aliphatic carbocycles. The number of hydrogen-bond donors (Lipinski definition) is 1. The Bertz CT molecular complexity index is 708. The fourth-order valence-corrected chi connectivity index (χ4v) is 2.12. The number of benzene rings is 2. The standard InChI is InChI=1S/C16H13ClN2O2/c1-21-16(20)14-5-3-2-4-12(14)10-19-13-7-6-11(9-18)15(17)8-13/h2-8,19H,10H2,1H3. The Balaban J connectivity index is 2.15. The molecule has 0 saturated heterocycles. The lowest BCUT2D eigenvalue weighted by Crippen LogP contribution is -2.09. The van der Waals surface area contributed by atoms with Gasteiger partial charge >= 0.3 is 5.97 Å². The van der Waals surface area contributed by atoms with Crippen LogP contribution in [0.1, 0.15) is 21.5 Å². The van der Waals surface area contributed by atoms with Crippen LogP contribution in [-0.4, -0.2) is 13.1 Å². The largest absolute Gasteiger partial charge is 0.465 e. The van der Waals surface area contributed by atoms with Gasteiger partial charge in [0.2, 0.25) is 0 Å². The topological polar surface area (TPSA) is 62.1 Å². The summed E-state index contributed by atoms with van der Waals surface area (Å²) in [4.78, 5) is 11.7. The lowest BCUT2D eigenvalue weighted by atomic mass is 10.1. The highest BCUT2D eigenvalue weighted by atomic mass is 35.5. The Labute approximate surface area is 127 Å². The second-order valence-corrected chi connectivity index (χ2v) is 4.72. The number of hydrogen-bond acceptors (Lipinski definition) is 4. The molecule has 21 heavy (non-hydrogen) atoms. The third-order valence-electron chi connectivity index (χ3n) is 3.00. The molecule has 2 aromatic rings. The SMILES string of the molecule is COC(=O)c1ccccc1CNc1ccc(C#N)c(Cl)c1. The molecule has 2 aromatic carbocycles. The molecule has 0 aliphatic rings. The number of anilines is 1. The van der Waals surface area contributed by atoms with Gasteiger partial charge in [-0.15, -0.1) is 0 Å². The Morgan fingerprint density at radius 2 is 2.10 bits per heavy atom. The molecule has 0 unspecified atom stereocenters. The van der Waals surface area contributed by atoms with Gasteiger partial charge in [-0.2, -0.15) is 5.26 Å². The van der Waals surface area contributed by atoms with E-state index in [0.29, 0.717) is 22.7 Å². The molecule has 2 rings (SSSR count). The van der Waals surface area contributed by atoms with Gasteiger partial charge in [-0.25, -0.2) is 4.79 Å². The van der Waals surface area contributed by atoms with E-state index in [2.05, 4.69) is 5.32 Å². The highest BCUT2D eigenvalue weighted by Gasteiger charge is 2.10. The molecule has 0 aromatic heterocycles. The summed E-state index contributed by atoms with van der Waals surface area (Å²) in [5.74, 6) is -0.370. The minimum atomic E-state index is -0.370. The summed E-state index contributed by atoms with van der Waals surface area (Å²) in [6, 6.07) is 14.3. The molecule has 4 nitrogen and oxygen atoms in total. The van der Waals surface area contributed by atoms with Crippen LogP contribution in [0.25, 0.3) is 0 Å². The zero-order chi connectivity index (χ0) is 15.2. The van der Waals surface area contributed by atoms with Gasteiger partial charge < -0.3 is 10.1 Å². The van der Waals surface area contributed by atoms with E-state index in [0.717, 1.165) is 11.3 Å². The summed E-state index contributed by atoms with van der Waals surface area (Å²) in [5, 5.41) is 12.4. The molecule has 0 amide bonds. The summed E-state index contributed by atoms with van der Waals surface area (Å²) >= 11 is 5.98. The highest BCUT2D eigenvalue weighted by Crippen LogP contribution is 2.21. The van der Waals surface area contributed by atoms with Crippen LogP contribution in [0.5, 0.6) is 0 Å². The van der Waals surface area contributed by atoms with Crippen molar-refractivity contribution in [2.45, 2.75) is 6.54 Å². The molecular weight excluding hydrogens is 288 g/mol. The lowest BCUT2D eigenvalue weighted by Gasteiger charge is -2.10. The van der Waals surface area contributed by atoms with Crippen molar-refractivity contribution in [3.8, 4) is 6.07 Å². The number of nitrogens with one attached hydrogen (secondary N) is 1. The van der Waals surface area contributed by atoms with E-state index >= 15 is 0 Å². The van der Waals surface area contributed by atoms with Crippen molar-refractivity contribution >= 4 is 23.3 Å². The number of rotatable bonds is 4. The zero-order valence-electron chi connectivity index (χ0n) is 11.4. The minimum Gasteiger partial charge on any atom is -0.465 e. The average molecular weight is 301 g/mol. The van der Waals surface area contributed by atoms with Gasteiger partial charge in [0.25, 0.3) is 0 Å². The summed E-state index contributed by atoms with van der Waals surface area (Å²) < 4.78 is 4.75. The van der Waals surface area contributed by atoms with Crippen molar-refractivity contribution in [2.24, 2.45) is 0 Å². The quantitative estimate of drug-likeness (QED) is 0.876. The normalized spacial score (nSPS) is 9.76. The summed E-state index contributed by atoms with van der Waals surface area (Å²) in [7, 11) is 1.35. The highest BCUT2D eigenvalue weighted by molar-refractivity contribution is 6.32. The fraction of sp³-hybridized carbons (Fsp3) is 0.125. The summed E-state index contributed by atoms with van der Waals surface area (Å²) in [5.41, 5.74) is 2.55. The molecule has 5 heteroatoms. The first-order valence-electron chi connectivity index (χ1n) is 6.25. The molecule has 0 spiro atoms. The second kappa shape index (κ2) is 6.78. The van der Waals surface area contributed by atoms with Crippen LogP contribution in [0.4, 0.5) is 5.69 Å². The van der Waals surface area contributed by atoms with Crippen LogP contribution in [0.15, 0.2) is 42.5 Å². The van der Waals surface area contributed by atoms with E-state index in [1.165, 1.54) is 7.11 Å². The second-order valence-electron chi connectivity index (χ2n) is 4.31. The molecule has 0 aliphatic heterocycles. The molecule has 1 N–H and O–H groups in total. The first kappa shape index (κ1) is 14.9. The molecule has 0 bridgehead atoms. The van der Waals surface area contributed by atoms with Crippen LogP contribution < -0.4 is 5.32 Å². The number of esters is 1. The van der Waals surface area contributed by atoms with Crippen molar-refractivity contribution in [1.29, 1.82) is 5.26 Å². The van der Waals surface area contributed by atoms with E-state index in [1.54, 1.807) is 30.3 Å². The molecule has 0 saturated carbocycles. The van der Waals surface area contributed by atoms with Gasteiger partial charge in [-0.05, 0) is 29.8 Å². The molecule has 0 fully saturated rings. The lowest BCUT2D eigenvalue weighted by molar-refractivity contribution is 0.0599. The van der Waals surface area contributed by atoms with Crippen molar-refractivity contribution in [3.05, 3.63) is 64.2 Å². The fourth-order valence-electron chi connectivity index (χ4n) is 1.90. The van der Waals surface area contributed by atoms with Crippen LogP contribution in [0.2, 0.25) is 5.02 Å². The Hall–Kier alpha value is -2.51. The summed E-state index contributed by atoms with van der Waals surface area (Å²) in [6.45, 7) is 0.452. The Morgan fingerprint density at radius 1 is 1.33 bits per heavy atom. The first-order valence-corrected chi connectivity index (χ1v) is 6.63. The number of nitrogens with zero attached hydrogens (tertiary/aromatic N) is 1. The number of ether oxygens (including phenoxy) is 1. The van der Waals surface area contributed by atoms with E-state index in [4.69, 9.17) is 21.6 Å². The van der Waals surface area contributed by atoms with E-state index in [1.807, 2.05) is 18.2 Å². The smallest absolute Gasteiger partial charge is 0.338 e. The Kier molecular flexibility index (Phi) is 4.81. The monoisotopic (exact) mass is 300 g/mol. The van der Waals surface area contributed by atoms with Gasteiger partial charge in [-0.3, -0.25) is 0 Å². The molecule has 0 radical (unpaired) electrons. The number of carbonyl (C=O) groups excluding carboxylic acids is 1. The number of methoxy groups -OCH3 is 1. The van der Waals surface area contributed by atoms with Gasteiger partial charge in [-0.1, -0.05) is 29.8 Å². The number of halogens is 1.